The van der Waals surface area contributed by atoms with Crippen LogP contribution in [-0.2, 0) is 0 Å². The van der Waals surface area contributed by atoms with Crippen LogP contribution in [0.25, 0.3) is 0 Å². The number of rotatable bonds is 3. The van der Waals surface area contributed by atoms with Crippen molar-refractivity contribution >= 4 is 0 Å². The Morgan fingerprint density at radius 2 is 2.00 bits per heavy atom. The summed E-state index contributed by atoms with van der Waals surface area (Å²) in [5.74, 6) is -0.916. The fraction of sp³-hybridized carbons (Fsp3) is 1.00. The van der Waals surface area contributed by atoms with Crippen LogP contribution in [0.15, 0.2) is 0 Å². The van der Waals surface area contributed by atoms with Gasteiger partial charge < -0.3 is 5.73 Å². The Morgan fingerprint density at radius 1 is 1.38 bits per heavy atom. The number of nitrogens with two attached hydrogens (primary N) is 1. The second-order valence-electron chi connectivity index (χ2n) is 4.83. The summed E-state index contributed by atoms with van der Waals surface area (Å²) in [4.78, 5) is 1.93. The highest BCUT2D eigenvalue weighted by molar-refractivity contribution is 4.82. The minimum atomic E-state index is -4.17. The molecule has 96 valence electrons. The molecule has 0 spiro atoms. The maximum Gasteiger partial charge on any atom is 0.394 e. The number of piperidine rings is 1. The van der Waals surface area contributed by atoms with E-state index in [0.29, 0.717) is 5.92 Å². The predicted molar refractivity (Wildman–Crippen MR) is 58.0 cm³/mol. The Kier molecular flexibility index (Phi) is 4.62. The van der Waals surface area contributed by atoms with Crippen LogP contribution in [-0.4, -0.2) is 36.8 Å². The lowest BCUT2D eigenvalue weighted by molar-refractivity contribution is -0.178. The summed E-state index contributed by atoms with van der Waals surface area (Å²) in [6.45, 7) is 4.60. The number of halogens is 3. The Labute approximate surface area is 95.0 Å². The van der Waals surface area contributed by atoms with E-state index in [-0.39, 0.29) is 19.1 Å². The first-order valence-corrected chi connectivity index (χ1v) is 5.87. The average Bonchev–Trinajstić information content (AvgIpc) is 2.18. The van der Waals surface area contributed by atoms with Crippen LogP contribution < -0.4 is 5.73 Å². The van der Waals surface area contributed by atoms with Crippen molar-refractivity contribution in [3.63, 3.8) is 0 Å². The van der Waals surface area contributed by atoms with E-state index in [1.54, 1.807) is 0 Å². The standard InChI is InChI=1S/C11H21F3N2/c1-8-4-3-5-16(9(8)2)7-10(6-15)11(12,13)14/h8-10H,3-7,15H2,1-2H3. The van der Waals surface area contributed by atoms with Crippen molar-refractivity contribution in [2.75, 3.05) is 19.6 Å². The molecule has 1 fully saturated rings. The molecule has 2 nitrogen and oxygen atoms in total. The number of likely N-dealkylation sites (tertiary alicyclic amines) is 1. The summed E-state index contributed by atoms with van der Waals surface area (Å²) in [5.41, 5.74) is 5.21. The van der Waals surface area contributed by atoms with Crippen molar-refractivity contribution in [1.29, 1.82) is 0 Å². The van der Waals surface area contributed by atoms with Crippen LogP contribution in [0.5, 0.6) is 0 Å². The predicted octanol–water partition coefficient (Wildman–Crippen LogP) is 2.24. The summed E-state index contributed by atoms with van der Waals surface area (Å²) >= 11 is 0. The van der Waals surface area contributed by atoms with Gasteiger partial charge in [-0.3, -0.25) is 4.90 Å². The molecule has 1 aliphatic heterocycles. The summed E-state index contributed by atoms with van der Waals surface area (Å²) < 4.78 is 37.8. The lowest BCUT2D eigenvalue weighted by atomic mass is 9.91. The molecule has 0 aliphatic carbocycles. The molecular formula is C11H21F3N2. The Hall–Kier alpha value is -0.290. The van der Waals surface area contributed by atoms with Crippen LogP contribution in [0.3, 0.4) is 0 Å². The molecule has 5 heteroatoms. The molecule has 16 heavy (non-hydrogen) atoms. The molecule has 2 N–H and O–H groups in total. The molecule has 3 atom stereocenters. The number of hydrogen-bond donors (Lipinski definition) is 1. The highest BCUT2D eigenvalue weighted by atomic mass is 19.4. The van der Waals surface area contributed by atoms with Gasteiger partial charge in [-0.05, 0) is 32.2 Å². The second kappa shape index (κ2) is 5.36. The Morgan fingerprint density at radius 3 is 2.50 bits per heavy atom. The van der Waals surface area contributed by atoms with Gasteiger partial charge in [-0.25, -0.2) is 0 Å². The van der Waals surface area contributed by atoms with Crippen molar-refractivity contribution in [2.45, 2.75) is 38.9 Å². The number of alkyl halides is 3. The Balaban J connectivity index is 2.57. The highest BCUT2D eigenvalue weighted by Crippen LogP contribution is 2.29. The van der Waals surface area contributed by atoms with Gasteiger partial charge in [-0.1, -0.05) is 6.92 Å². The monoisotopic (exact) mass is 238 g/mol. The molecule has 0 aromatic heterocycles. The molecule has 0 bridgehead atoms. The SMILES string of the molecule is CC1CCCN(CC(CN)C(F)(F)F)C1C. The zero-order valence-electron chi connectivity index (χ0n) is 9.93. The van der Waals surface area contributed by atoms with Crippen molar-refractivity contribution in [2.24, 2.45) is 17.6 Å². The van der Waals surface area contributed by atoms with E-state index in [1.807, 2.05) is 11.8 Å². The van der Waals surface area contributed by atoms with E-state index >= 15 is 0 Å². The topological polar surface area (TPSA) is 29.3 Å². The van der Waals surface area contributed by atoms with Crippen LogP contribution in [0.2, 0.25) is 0 Å². The van der Waals surface area contributed by atoms with Crippen molar-refractivity contribution < 1.29 is 13.2 Å². The third-order valence-corrected chi connectivity index (χ3v) is 3.71. The summed E-state index contributed by atoms with van der Waals surface area (Å²) in [6.07, 6.45) is -2.08. The zero-order chi connectivity index (χ0) is 12.3. The van der Waals surface area contributed by atoms with Crippen LogP contribution in [0, 0.1) is 11.8 Å². The maximum atomic E-state index is 12.6. The van der Waals surface area contributed by atoms with Crippen LogP contribution in [0.4, 0.5) is 13.2 Å². The molecule has 1 rings (SSSR count). The first-order valence-electron chi connectivity index (χ1n) is 5.87. The van der Waals surface area contributed by atoms with Crippen LogP contribution in [0.1, 0.15) is 26.7 Å². The number of nitrogens with zero attached hydrogens (tertiary/aromatic N) is 1. The molecular weight excluding hydrogens is 217 g/mol. The van der Waals surface area contributed by atoms with E-state index in [2.05, 4.69) is 6.92 Å². The molecule has 0 saturated carbocycles. The average molecular weight is 238 g/mol. The molecule has 0 amide bonds. The van der Waals surface area contributed by atoms with E-state index in [4.69, 9.17) is 5.73 Å². The van der Waals surface area contributed by atoms with Crippen molar-refractivity contribution in [1.82, 2.24) is 4.90 Å². The molecule has 0 aromatic rings. The van der Waals surface area contributed by atoms with Gasteiger partial charge in [0, 0.05) is 19.1 Å². The van der Waals surface area contributed by atoms with Gasteiger partial charge in [0.2, 0.25) is 0 Å². The van der Waals surface area contributed by atoms with Gasteiger partial charge in [0.15, 0.2) is 0 Å². The molecule has 1 saturated heterocycles. The number of hydrogen-bond acceptors (Lipinski definition) is 2. The summed E-state index contributed by atoms with van der Waals surface area (Å²) in [5, 5.41) is 0. The third kappa shape index (κ3) is 3.35. The largest absolute Gasteiger partial charge is 0.394 e. The van der Waals surface area contributed by atoms with Crippen molar-refractivity contribution in [3.05, 3.63) is 0 Å². The van der Waals surface area contributed by atoms with E-state index in [9.17, 15) is 13.2 Å². The molecule has 1 heterocycles. The molecule has 1 aliphatic rings. The Bertz CT molecular complexity index is 218. The fourth-order valence-electron chi connectivity index (χ4n) is 2.27. The molecule has 0 aromatic carbocycles. The van der Waals surface area contributed by atoms with Crippen molar-refractivity contribution in [3.8, 4) is 0 Å². The van der Waals surface area contributed by atoms with E-state index < -0.39 is 12.1 Å². The van der Waals surface area contributed by atoms with Gasteiger partial charge in [-0.2, -0.15) is 13.2 Å². The first-order chi connectivity index (χ1) is 7.36. The quantitative estimate of drug-likeness (QED) is 0.817. The van der Waals surface area contributed by atoms with E-state index in [0.717, 1.165) is 19.4 Å². The van der Waals surface area contributed by atoms with Gasteiger partial charge >= 0.3 is 6.18 Å². The van der Waals surface area contributed by atoms with Gasteiger partial charge in [-0.15, -0.1) is 0 Å². The minimum Gasteiger partial charge on any atom is -0.330 e. The smallest absolute Gasteiger partial charge is 0.330 e. The lowest BCUT2D eigenvalue weighted by Crippen LogP contribution is -2.48. The first kappa shape index (κ1) is 13.8. The normalized spacial score (nSPS) is 30.4. The lowest BCUT2D eigenvalue weighted by Gasteiger charge is -2.39. The third-order valence-electron chi connectivity index (χ3n) is 3.71. The van der Waals surface area contributed by atoms with Crippen LogP contribution >= 0.6 is 0 Å². The maximum absolute atomic E-state index is 12.6. The fourth-order valence-corrected chi connectivity index (χ4v) is 2.27. The highest BCUT2D eigenvalue weighted by Gasteiger charge is 2.40. The summed E-state index contributed by atoms with van der Waals surface area (Å²) in [6, 6.07) is 0.227. The zero-order valence-corrected chi connectivity index (χ0v) is 9.93. The second-order valence-corrected chi connectivity index (χ2v) is 4.83. The van der Waals surface area contributed by atoms with E-state index in [1.165, 1.54) is 0 Å². The molecule has 0 radical (unpaired) electrons. The minimum absolute atomic E-state index is 0.0471. The van der Waals surface area contributed by atoms with Gasteiger partial charge in [0.1, 0.15) is 0 Å². The van der Waals surface area contributed by atoms with Gasteiger partial charge in [0.05, 0.1) is 5.92 Å². The molecule has 3 unspecified atom stereocenters. The summed E-state index contributed by atoms with van der Waals surface area (Å²) in [7, 11) is 0. The van der Waals surface area contributed by atoms with Gasteiger partial charge in [0.25, 0.3) is 0 Å².